The molecule has 2 heterocycles. The van der Waals surface area contributed by atoms with Crippen molar-refractivity contribution in [2.45, 2.75) is 44.4 Å². The Bertz CT molecular complexity index is 1110. The van der Waals surface area contributed by atoms with E-state index in [0.717, 1.165) is 18.4 Å². The van der Waals surface area contributed by atoms with E-state index >= 15 is 0 Å². The number of rotatable bonds is 7. The van der Waals surface area contributed by atoms with E-state index < -0.39 is 11.9 Å². The summed E-state index contributed by atoms with van der Waals surface area (Å²) in [6.07, 6.45) is 0.280. The van der Waals surface area contributed by atoms with Crippen LogP contribution in [0.4, 0.5) is 18.9 Å². The predicted molar refractivity (Wildman–Crippen MR) is 113 cm³/mol. The molecule has 164 valence electrons. The third-order valence-electron chi connectivity index (χ3n) is 4.87. The van der Waals surface area contributed by atoms with Crippen LogP contribution < -0.4 is 5.32 Å². The van der Waals surface area contributed by atoms with Crippen molar-refractivity contribution in [3.63, 3.8) is 0 Å². The van der Waals surface area contributed by atoms with Crippen molar-refractivity contribution in [3.8, 4) is 0 Å². The van der Waals surface area contributed by atoms with Gasteiger partial charge in [0.25, 0.3) is 0 Å². The zero-order valence-corrected chi connectivity index (χ0v) is 18.5. The number of amides is 1. The zero-order chi connectivity index (χ0) is 22.2. The number of hydrogen-bond acceptors (Lipinski definition) is 3. The minimum atomic E-state index is -4.55. The Hall–Kier alpha value is -2.33. The fourth-order valence-corrected chi connectivity index (χ4v) is 4.36. The summed E-state index contributed by atoms with van der Waals surface area (Å²) in [5.41, 5.74) is 1.03. The van der Waals surface area contributed by atoms with Crippen molar-refractivity contribution in [1.82, 2.24) is 19.6 Å². The Morgan fingerprint density at radius 1 is 1.32 bits per heavy atom. The molecule has 0 saturated heterocycles. The number of alkyl halides is 3. The summed E-state index contributed by atoms with van der Waals surface area (Å²) in [7, 11) is 0. The molecule has 0 bridgehead atoms. The Morgan fingerprint density at radius 3 is 2.77 bits per heavy atom. The molecule has 1 aliphatic carbocycles. The Morgan fingerprint density at radius 2 is 2.10 bits per heavy atom. The van der Waals surface area contributed by atoms with Crippen molar-refractivity contribution in [2.75, 3.05) is 5.32 Å². The Kier molecular flexibility index (Phi) is 6.11. The maximum absolute atomic E-state index is 13.2. The van der Waals surface area contributed by atoms with Crippen LogP contribution in [0.1, 0.15) is 42.1 Å². The average Bonchev–Trinajstić information content (AvgIpc) is 3.33. The summed E-state index contributed by atoms with van der Waals surface area (Å²) in [4.78, 5) is 12.3. The first-order valence-corrected chi connectivity index (χ1v) is 10.8. The van der Waals surface area contributed by atoms with Crippen molar-refractivity contribution >= 4 is 39.1 Å². The van der Waals surface area contributed by atoms with E-state index in [0.29, 0.717) is 22.9 Å². The molecule has 31 heavy (non-hydrogen) atoms. The number of carbonyl (C=O) groups excluding carboxylic acids is 1. The van der Waals surface area contributed by atoms with Crippen molar-refractivity contribution in [1.29, 1.82) is 0 Å². The zero-order valence-electron chi connectivity index (χ0n) is 16.2. The fraction of sp³-hybridized carbons (Fsp3) is 0.350. The van der Waals surface area contributed by atoms with Crippen LogP contribution in [-0.2, 0) is 24.1 Å². The smallest absolute Gasteiger partial charge is 0.323 e. The average molecular weight is 517 g/mol. The summed E-state index contributed by atoms with van der Waals surface area (Å²) in [6, 6.07) is 7.37. The minimum Gasteiger partial charge on any atom is -0.323 e. The number of carbonyl (C=O) groups is 1. The normalized spacial score (nSPS) is 14.1. The quantitative estimate of drug-likeness (QED) is 0.453. The molecule has 1 fully saturated rings. The molecule has 4 rings (SSSR count). The van der Waals surface area contributed by atoms with E-state index in [1.165, 1.54) is 10.9 Å². The molecular weight excluding hydrogens is 499 g/mol. The van der Waals surface area contributed by atoms with Gasteiger partial charge in [-0.05, 0) is 46.5 Å². The molecular formula is C20H18BrClF3N5O. The molecule has 1 aliphatic rings. The Labute approximate surface area is 189 Å². The monoisotopic (exact) mass is 515 g/mol. The lowest BCUT2D eigenvalue weighted by atomic mass is 10.2. The van der Waals surface area contributed by atoms with E-state index in [1.807, 2.05) is 18.2 Å². The SMILES string of the molecule is O=C(CCn1nc(C(F)(F)F)c(Br)c1C1CC1)Nc1cnn(Cc2cccc(Cl)c2)c1. The van der Waals surface area contributed by atoms with Crippen LogP contribution in [0.5, 0.6) is 0 Å². The molecule has 6 nitrogen and oxygen atoms in total. The van der Waals surface area contributed by atoms with Gasteiger partial charge in [-0.3, -0.25) is 14.2 Å². The van der Waals surface area contributed by atoms with Crippen LogP contribution in [0, 0.1) is 0 Å². The molecule has 1 aromatic carbocycles. The summed E-state index contributed by atoms with van der Waals surface area (Å²) in [5.74, 6) is -0.282. The molecule has 0 spiro atoms. The second kappa shape index (κ2) is 8.66. The highest BCUT2D eigenvalue weighted by Gasteiger charge is 2.41. The molecule has 0 radical (unpaired) electrons. The molecule has 2 aromatic heterocycles. The van der Waals surface area contributed by atoms with Gasteiger partial charge >= 0.3 is 6.18 Å². The van der Waals surface area contributed by atoms with E-state index in [9.17, 15) is 18.0 Å². The standard InChI is InChI=1S/C20H18BrClF3N5O/c21-17-18(13-4-5-13)30(28-19(17)20(23,24)25)7-6-16(31)27-15-9-26-29(11-15)10-12-2-1-3-14(22)8-12/h1-3,8-9,11,13H,4-7,10H2,(H,27,31). The highest BCUT2D eigenvalue weighted by atomic mass is 79.9. The fourth-order valence-electron chi connectivity index (χ4n) is 3.32. The number of benzene rings is 1. The van der Waals surface area contributed by atoms with Gasteiger partial charge in [0.1, 0.15) is 0 Å². The number of halogens is 5. The predicted octanol–water partition coefficient (Wildman–Crippen LogP) is 5.47. The van der Waals surface area contributed by atoms with Crippen LogP contribution >= 0.6 is 27.5 Å². The number of nitrogens with zero attached hydrogens (tertiary/aromatic N) is 4. The minimum absolute atomic E-state index is 0.00932. The molecule has 1 amide bonds. The molecule has 11 heteroatoms. The summed E-state index contributed by atoms with van der Waals surface area (Å²) < 4.78 is 42.5. The topological polar surface area (TPSA) is 64.7 Å². The highest BCUT2D eigenvalue weighted by Crippen LogP contribution is 2.47. The lowest BCUT2D eigenvalue weighted by Gasteiger charge is -2.07. The molecule has 0 atom stereocenters. The molecule has 1 saturated carbocycles. The molecule has 1 N–H and O–H groups in total. The highest BCUT2D eigenvalue weighted by molar-refractivity contribution is 9.10. The van der Waals surface area contributed by atoms with Gasteiger partial charge < -0.3 is 5.32 Å². The second-order valence-electron chi connectivity index (χ2n) is 7.40. The maximum atomic E-state index is 13.2. The lowest BCUT2D eigenvalue weighted by molar-refractivity contribution is -0.142. The van der Waals surface area contributed by atoms with Crippen molar-refractivity contribution in [3.05, 3.63) is 63.1 Å². The second-order valence-corrected chi connectivity index (χ2v) is 8.63. The van der Waals surface area contributed by atoms with E-state index in [-0.39, 0.29) is 29.3 Å². The van der Waals surface area contributed by atoms with Crippen LogP contribution in [0.2, 0.25) is 5.02 Å². The van der Waals surface area contributed by atoms with Gasteiger partial charge in [-0.2, -0.15) is 23.4 Å². The van der Waals surface area contributed by atoms with E-state index in [1.54, 1.807) is 16.9 Å². The van der Waals surface area contributed by atoms with Gasteiger partial charge in [0, 0.05) is 23.6 Å². The number of aromatic nitrogens is 4. The van der Waals surface area contributed by atoms with Crippen molar-refractivity contribution < 1.29 is 18.0 Å². The van der Waals surface area contributed by atoms with Gasteiger partial charge in [-0.25, -0.2) is 0 Å². The van der Waals surface area contributed by atoms with E-state index in [4.69, 9.17) is 11.6 Å². The van der Waals surface area contributed by atoms with Crippen LogP contribution in [0.3, 0.4) is 0 Å². The van der Waals surface area contributed by atoms with Gasteiger partial charge in [0.2, 0.25) is 5.91 Å². The number of hydrogen-bond donors (Lipinski definition) is 1. The van der Waals surface area contributed by atoms with Crippen molar-refractivity contribution in [2.24, 2.45) is 0 Å². The van der Waals surface area contributed by atoms with Crippen LogP contribution in [0.25, 0.3) is 0 Å². The first kappa shape index (κ1) is 21.9. The van der Waals surface area contributed by atoms with Crippen LogP contribution in [-0.4, -0.2) is 25.5 Å². The van der Waals surface area contributed by atoms with Gasteiger partial charge in [-0.15, -0.1) is 0 Å². The van der Waals surface area contributed by atoms with E-state index in [2.05, 4.69) is 31.4 Å². The molecule has 0 unspecified atom stereocenters. The van der Waals surface area contributed by atoms with Crippen LogP contribution in [0.15, 0.2) is 41.1 Å². The third kappa shape index (κ3) is 5.30. The maximum Gasteiger partial charge on any atom is 0.436 e. The lowest BCUT2D eigenvalue weighted by Crippen LogP contribution is -2.16. The Balaban J connectivity index is 1.37. The number of aryl methyl sites for hydroxylation is 1. The van der Waals surface area contributed by atoms with Gasteiger partial charge in [-0.1, -0.05) is 23.7 Å². The summed E-state index contributed by atoms with van der Waals surface area (Å²) >= 11 is 9.03. The third-order valence-corrected chi connectivity index (χ3v) is 5.88. The summed E-state index contributed by atoms with van der Waals surface area (Å²) in [6.45, 7) is 0.547. The first-order chi connectivity index (χ1) is 14.7. The number of anilines is 1. The van der Waals surface area contributed by atoms with Gasteiger partial charge in [0.05, 0.1) is 35.1 Å². The van der Waals surface area contributed by atoms with Gasteiger partial charge in [0.15, 0.2) is 5.69 Å². The summed E-state index contributed by atoms with van der Waals surface area (Å²) in [5, 5.41) is 11.3. The largest absolute Gasteiger partial charge is 0.436 e. The number of nitrogens with one attached hydrogen (secondary N) is 1. The molecule has 3 aromatic rings. The first-order valence-electron chi connectivity index (χ1n) is 9.61. The molecule has 0 aliphatic heterocycles.